The van der Waals surface area contributed by atoms with Crippen molar-refractivity contribution in [3.8, 4) is 0 Å². The van der Waals surface area contributed by atoms with Crippen LogP contribution >= 0.6 is 0 Å². The quantitative estimate of drug-likeness (QED) is 0.622. The minimum absolute atomic E-state index is 0.241. The number of hydrogen-bond donors (Lipinski definition) is 0. The number of nitrogens with zero attached hydrogens (tertiary/aromatic N) is 3. The molecule has 0 saturated heterocycles. The van der Waals surface area contributed by atoms with E-state index in [1.807, 2.05) is 4.57 Å². The lowest BCUT2D eigenvalue weighted by Crippen LogP contribution is -2.32. The number of imide groups is 1. The molecule has 2 amide bonds. The first-order chi connectivity index (χ1) is 6.77. The lowest BCUT2D eigenvalue weighted by molar-refractivity contribution is -0.136. The molecule has 0 bridgehead atoms. The van der Waals surface area contributed by atoms with Crippen molar-refractivity contribution in [3.05, 3.63) is 30.9 Å². The summed E-state index contributed by atoms with van der Waals surface area (Å²) in [6, 6.07) is 0. The predicted octanol–water partition coefficient (Wildman–Crippen LogP) is -0.192. The fourth-order valence-corrected chi connectivity index (χ4v) is 1.29. The molecule has 1 aliphatic rings. The van der Waals surface area contributed by atoms with Gasteiger partial charge in [-0.3, -0.25) is 14.5 Å². The molecular formula is C9H9N3O2. The zero-order valence-corrected chi connectivity index (χ0v) is 7.46. The molecule has 72 valence electrons. The summed E-state index contributed by atoms with van der Waals surface area (Å²) in [4.78, 5) is 27.3. The summed E-state index contributed by atoms with van der Waals surface area (Å²) in [6.07, 6.45) is 7.68. The molecule has 14 heavy (non-hydrogen) atoms. The zero-order valence-electron chi connectivity index (χ0n) is 7.46. The van der Waals surface area contributed by atoms with Crippen LogP contribution in [0, 0.1) is 0 Å². The predicted molar refractivity (Wildman–Crippen MR) is 48.1 cm³/mol. The Kier molecular flexibility index (Phi) is 2.14. The summed E-state index contributed by atoms with van der Waals surface area (Å²) in [5.41, 5.74) is 0. The highest BCUT2D eigenvalue weighted by molar-refractivity contribution is 6.12. The van der Waals surface area contributed by atoms with E-state index in [1.54, 1.807) is 18.7 Å². The Bertz CT molecular complexity index is 363. The van der Waals surface area contributed by atoms with Crippen LogP contribution in [0.5, 0.6) is 0 Å². The summed E-state index contributed by atoms with van der Waals surface area (Å²) >= 11 is 0. The molecule has 0 unspecified atom stereocenters. The van der Waals surface area contributed by atoms with E-state index >= 15 is 0 Å². The normalized spacial score (nSPS) is 15.6. The third-order valence-electron chi connectivity index (χ3n) is 2.04. The smallest absolute Gasteiger partial charge is 0.253 e. The van der Waals surface area contributed by atoms with Gasteiger partial charge < -0.3 is 4.57 Å². The lowest BCUT2D eigenvalue weighted by Gasteiger charge is -2.13. The molecule has 1 aromatic rings. The Balaban J connectivity index is 1.93. The molecular weight excluding hydrogens is 182 g/mol. The molecule has 0 radical (unpaired) electrons. The van der Waals surface area contributed by atoms with E-state index in [0.717, 1.165) is 0 Å². The zero-order chi connectivity index (χ0) is 9.97. The van der Waals surface area contributed by atoms with E-state index < -0.39 is 0 Å². The SMILES string of the molecule is O=C1C=CC(=O)N1CCn1ccnc1. The highest BCUT2D eigenvalue weighted by Crippen LogP contribution is 2.03. The number of aromatic nitrogens is 2. The van der Waals surface area contributed by atoms with Crippen molar-refractivity contribution in [2.24, 2.45) is 0 Å². The molecule has 0 atom stereocenters. The van der Waals surface area contributed by atoms with Gasteiger partial charge in [0.25, 0.3) is 11.8 Å². The van der Waals surface area contributed by atoms with Crippen LogP contribution in [-0.4, -0.2) is 32.8 Å². The molecule has 0 aromatic carbocycles. The molecule has 0 N–H and O–H groups in total. The van der Waals surface area contributed by atoms with Gasteiger partial charge in [-0.15, -0.1) is 0 Å². The minimum Gasteiger partial charge on any atom is -0.336 e. The molecule has 5 heteroatoms. The highest BCUT2D eigenvalue weighted by Gasteiger charge is 2.22. The standard InChI is InChI=1S/C9H9N3O2/c13-8-1-2-9(14)12(8)6-5-11-4-3-10-7-11/h1-4,7H,5-6H2. The highest BCUT2D eigenvalue weighted by atomic mass is 16.2. The fraction of sp³-hybridized carbons (Fsp3) is 0.222. The van der Waals surface area contributed by atoms with E-state index in [0.29, 0.717) is 13.1 Å². The third-order valence-corrected chi connectivity index (χ3v) is 2.04. The van der Waals surface area contributed by atoms with E-state index in [4.69, 9.17) is 0 Å². The first kappa shape index (κ1) is 8.68. The van der Waals surface area contributed by atoms with E-state index in [9.17, 15) is 9.59 Å². The van der Waals surface area contributed by atoms with Gasteiger partial charge in [0.05, 0.1) is 6.33 Å². The number of rotatable bonds is 3. The number of hydrogen-bond acceptors (Lipinski definition) is 3. The van der Waals surface area contributed by atoms with Gasteiger partial charge in [-0.1, -0.05) is 0 Å². The molecule has 1 aliphatic heterocycles. The Morgan fingerprint density at radius 3 is 2.43 bits per heavy atom. The second-order valence-corrected chi connectivity index (χ2v) is 2.96. The lowest BCUT2D eigenvalue weighted by atomic mass is 10.5. The van der Waals surface area contributed by atoms with E-state index in [1.165, 1.54) is 17.1 Å². The minimum atomic E-state index is -0.241. The van der Waals surface area contributed by atoms with Crippen molar-refractivity contribution in [1.29, 1.82) is 0 Å². The van der Waals surface area contributed by atoms with Gasteiger partial charge >= 0.3 is 0 Å². The van der Waals surface area contributed by atoms with Crippen LogP contribution in [0.25, 0.3) is 0 Å². The first-order valence-electron chi connectivity index (χ1n) is 4.26. The molecule has 0 saturated carbocycles. The topological polar surface area (TPSA) is 55.2 Å². The Morgan fingerprint density at radius 1 is 1.14 bits per heavy atom. The van der Waals surface area contributed by atoms with Gasteiger partial charge in [0, 0.05) is 37.6 Å². The van der Waals surface area contributed by atoms with Crippen molar-refractivity contribution in [1.82, 2.24) is 14.5 Å². The summed E-state index contributed by atoms with van der Waals surface area (Å²) in [7, 11) is 0. The number of imidazole rings is 1. The van der Waals surface area contributed by atoms with Crippen LogP contribution < -0.4 is 0 Å². The molecule has 2 rings (SSSR count). The maximum absolute atomic E-state index is 11.1. The van der Waals surface area contributed by atoms with Gasteiger partial charge in [0.2, 0.25) is 0 Å². The number of carbonyl (C=O) groups is 2. The monoisotopic (exact) mass is 191 g/mol. The van der Waals surface area contributed by atoms with Crippen LogP contribution in [0.4, 0.5) is 0 Å². The summed E-state index contributed by atoms with van der Waals surface area (Å²) < 4.78 is 1.82. The summed E-state index contributed by atoms with van der Waals surface area (Å²) in [5.74, 6) is -0.481. The van der Waals surface area contributed by atoms with Gasteiger partial charge in [0.1, 0.15) is 0 Å². The molecule has 0 spiro atoms. The van der Waals surface area contributed by atoms with Crippen LogP contribution in [-0.2, 0) is 16.1 Å². The largest absolute Gasteiger partial charge is 0.336 e. The Hall–Kier alpha value is -1.91. The van der Waals surface area contributed by atoms with Gasteiger partial charge in [0.15, 0.2) is 0 Å². The number of carbonyl (C=O) groups excluding carboxylic acids is 2. The first-order valence-corrected chi connectivity index (χ1v) is 4.26. The van der Waals surface area contributed by atoms with E-state index in [2.05, 4.69) is 4.98 Å². The van der Waals surface area contributed by atoms with Crippen molar-refractivity contribution in [2.75, 3.05) is 6.54 Å². The van der Waals surface area contributed by atoms with Crippen molar-refractivity contribution >= 4 is 11.8 Å². The van der Waals surface area contributed by atoms with Crippen LogP contribution in [0.3, 0.4) is 0 Å². The Labute approximate surface area is 80.6 Å². The maximum atomic E-state index is 11.1. The third kappa shape index (κ3) is 1.56. The van der Waals surface area contributed by atoms with Crippen LogP contribution in [0.15, 0.2) is 30.9 Å². The average molecular weight is 191 g/mol. The van der Waals surface area contributed by atoms with Gasteiger partial charge in [-0.2, -0.15) is 0 Å². The van der Waals surface area contributed by atoms with Gasteiger partial charge in [-0.05, 0) is 0 Å². The second-order valence-electron chi connectivity index (χ2n) is 2.96. The molecule has 0 fully saturated rings. The summed E-state index contributed by atoms with van der Waals surface area (Å²) in [6.45, 7) is 0.972. The average Bonchev–Trinajstić information content (AvgIpc) is 2.76. The molecule has 0 aliphatic carbocycles. The van der Waals surface area contributed by atoms with Crippen LogP contribution in [0.2, 0.25) is 0 Å². The van der Waals surface area contributed by atoms with Crippen molar-refractivity contribution < 1.29 is 9.59 Å². The maximum Gasteiger partial charge on any atom is 0.253 e. The summed E-state index contributed by atoms with van der Waals surface area (Å²) in [5, 5.41) is 0. The van der Waals surface area contributed by atoms with Gasteiger partial charge in [-0.25, -0.2) is 4.98 Å². The molecule has 1 aromatic heterocycles. The Morgan fingerprint density at radius 2 is 1.86 bits per heavy atom. The fourth-order valence-electron chi connectivity index (χ4n) is 1.29. The molecule has 2 heterocycles. The second kappa shape index (κ2) is 3.45. The molecule has 5 nitrogen and oxygen atoms in total. The van der Waals surface area contributed by atoms with E-state index in [-0.39, 0.29) is 11.8 Å². The number of amides is 2. The van der Waals surface area contributed by atoms with Crippen molar-refractivity contribution in [3.63, 3.8) is 0 Å². The van der Waals surface area contributed by atoms with Crippen LogP contribution in [0.1, 0.15) is 0 Å². The van der Waals surface area contributed by atoms with Crippen molar-refractivity contribution in [2.45, 2.75) is 6.54 Å².